The van der Waals surface area contributed by atoms with E-state index in [9.17, 15) is 9.59 Å². The number of halogens is 1. The number of nitrogens with two attached hydrogens (primary N) is 1. The van der Waals surface area contributed by atoms with Crippen LogP contribution in [0.3, 0.4) is 0 Å². The van der Waals surface area contributed by atoms with E-state index >= 15 is 0 Å². The number of carbonyl (C=O) groups excluding carboxylic acids is 1. The number of amides is 1. The summed E-state index contributed by atoms with van der Waals surface area (Å²) in [6.07, 6.45) is 1.45. The first-order valence-corrected chi connectivity index (χ1v) is 7.55. The van der Waals surface area contributed by atoms with Crippen LogP contribution in [0, 0.1) is 5.41 Å². The Kier molecular flexibility index (Phi) is 6.20. The number of benzene rings is 1. The molecule has 0 unspecified atom stereocenters. The minimum atomic E-state index is -0.794. The lowest BCUT2D eigenvalue weighted by Crippen LogP contribution is -2.28. The Bertz CT molecular complexity index is 530. The zero-order valence-corrected chi connectivity index (χ0v) is 13.9. The molecule has 4 N–H and O–H groups in total. The van der Waals surface area contributed by atoms with E-state index < -0.39 is 5.97 Å². The quantitative estimate of drug-likeness (QED) is 0.654. The third-order valence-corrected chi connectivity index (χ3v) is 4.08. The predicted octanol–water partition coefficient (Wildman–Crippen LogP) is 3.04. The molecule has 0 aromatic heterocycles. The highest BCUT2D eigenvalue weighted by molar-refractivity contribution is 9.10. The predicted molar refractivity (Wildman–Crippen MR) is 86.2 cm³/mol. The SMILES string of the molecule is CC(C)(CCNC(=O)c1ccc(Br)c(N)c1)CCC(=O)O. The molecule has 0 bridgehead atoms. The molecule has 0 saturated heterocycles. The van der Waals surface area contributed by atoms with Crippen LogP contribution in [0.1, 0.15) is 43.5 Å². The van der Waals surface area contributed by atoms with E-state index in [4.69, 9.17) is 10.8 Å². The highest BCUT2D eigenvalue weighted by atomic mass is 79.9. The summed E-state index contributed by atoms with van der Waals surface area (Å²) in [5.41, 5.74) is 6.65. The molecule has 1 aromatic rings. The Morgan fingerprint density at radius 3 is 2.57 bits per heavy atom. The summed E-state index contributed by atoms with van der Waals surface area (Å²) in [7, 11) is 0. The minimum Gasteiger partial charge on any atom is -0.481 e. The molecule has 6 heteroatoms. The van der Waals surface area contributed by atoms with Gasteiger partial charge in [-0.1, -0.05) is 13.8 Å². The van der Waals surface area contributed by atoms with Gasteiger partial charge in [0.1, 0.15) is 0 Å². The minimum absolute atomic E-state index is 0.121. The van der Waals surface area contributed by atoms with Crippen molar-refractivity contribution >= 4 is 33.5 Å². The number of aliphatic carboxylic acids is 1. The number of hydrogen-bond acceptors (Lipinski definition) is 3. The number of carboxylic acids is 1. The van der Waals surface area contributed by atoms with Crippen molar-refractivity contribution in [1.29, 1.82) is 0 Å². The van der Waals surface area contributed by atoms with Gasteiger partial charge in [0.05, 0.1) is 0 Å². The van der Waals surface area contributed by atoms with Crippen LogP contribution in [0.5, 0.6) is 0 Å². The normalized spacial score (nSPS) is 11.2. The number of nitrogen functional groups attached to an aromatic ring is 1. The third kappa shape index (κ3) is 6.16. The first-order valence-electron chi connectivity index (χ1n) is 6.76. The van der Waals surface area contributed by atoms with Gasteiger partial charge in [-0.25, -0.2) is 0 Å². The van der Waals surface area contributed by atoms with Crippen LogP contribution >= 0.6 is 15.9 Å². The van der Waals surface area contributed by atoms with E-state index in [0.29, 0.717) is 24.2 Å². The fraction of sp³-hybridized carbons (Fsp3) is 0.467. The molecule has 0 heterocycles. The van der Waals surface area contributed by atoms with Crippen molar-refractivity contribution in [3.05, 3.63) is 28.2 Å². The first-order chi connectivity index (χ1) is 9.71. The van der Waals surface area contributed by atoms with Gasteiger partial charge in [0.25, 0.3) is 5.91 Å². The van der Waals surface area contributed by atoms with Gasteiger partial charge >= 0.3 is 5.97 Å². The van der Waals surface area contributed by atoms with Crippen LogP contribution in [-0.4, -0.2) is 23.5 Å². The molecule has 21 heavy (non-hydrogen) atoms. The lowest BCUT2D eigenvalue weighted by molar-refractivity contribution is -0.137. The Hall–Kier alpha value is -1.56. The number of anilines is 1. The largest absolute Gasteiger partial charge is 0.481 e. The Morgan fingerprint density at radius 2 is 2.00 bits per heavy atom. The molecule has 1 aromatic carbocycles. The molecule has 1 amide bonds. The van der Waals surface area contributed by atoms with E-state index in [0.717, 1.165) is 10.9 Å². The van der Waals surface area contributed by atoms with Crippen molar-refractivity contribution in [2.75, 3.05) is 12.3 Å². The Balaban J connectivity index is 2.46. The monoisotopic (exact) mass is 356 g/mol. The van der Waals surface area contributed by atoms with Gasteiger partial charge in [0, 0.05) is 28.7 Å². The van der Waals surface area contributed by atoms with E-state index in [1.54, 1.807) is 18.2 Å². The molecule has 0 radical (unpaired) electrons. The second-order valence-electron chi connectivity index (χ2n) is 5.80. The smallest absolute Gasteiger partial charge is 0.303 e. The maximum atomic E-state index is 12.0. The molecule has 116 valence electrons. The van der Waals surface area contributed by atoms with E-state index in [1.165, 1.54) is 0 Å². The molecule has 0 aliphatic rings. The second kappa shape index (κ2) is 7.45. The lowest BCUT2D eigenvalue weighted by atomic mass is 9.84. The second-order valence-corrected chi connectivity index (χ2v) is 6.65. The molecule has 0 aliphatic carbocycles. The summed E-state index contributed by atoms with van der Waals surface area (Å²) in [5.74, 6) is -0.972. The van der Waals surface area contributed by atoms with Gasteiger partial charge in [0.15, 0.2) is 0 Å². The van der Waals surface area contributed by atoms with Crippen LogP contribution in [0.15, 0.2) is 22.7 Å². The van der Waals surface area contributed by atoms with Crippen molar-refractivity contribution < 1.29 is 14.7 Å². The van der Waals surface area contributed by atoms with Crippen molar-refractivity contribution in [3.8, 4) is 0 Å². The van der Waals surface area contributed by atoms with E-state index in [-0.39, 0.29) is 17.7 Å². The van der Waals surface area contributed by atoms with Crippen LogP contribution in [-0.2, 0) is 4.79 Å². The van der Waals surface area contributed by atoms with Crippen LogP contribution in [0.4, 0.5) is 5.69 Å². The van der Waals surface area contributed by atoms with Crippen molar-refractivity contribution in [2.45, 2.75) is 33.1 Å². The zero-order valence-electron chi connectivity index (χ0n) is 12.3. The van der Waals surface area contributed by atoms with Gasteiger partial charge in [-0.05, 0) is 52.4 Å². The number of hydrogen-bond donors (Lipinski definition) is 3. The topological polar surface area (TPSA) is 92.4 Å². The van der Waals surface area contributed by atoms with Gasteiger partial charge < -0.3 is 16.2 Å². The summed E-state index contributed by atoms with van der Waals surface area (Å²) in [6, 6.07) is 5.06. The molecule has 0 fully saturated rings. The summed E-state index contributed by atoms with van der Waals surface area (Å²) >= 11 is 3.28. The highest BCUT2D eigenvalue weighted by Crippen LogP contribution is 2.26. The number of rotatable bonds is 7. The number of nitrogens with one attached hydrogen (secondary N) is 1. The molecule has 0 spiro atoms. The Labute approximate surface area is 133 Å². The average Bonchev–Trinajstić information content (AvgIpc) is 2.39. The van der Waals surface area contributed by atoms with Gasteiger partial charge in [-0.3, -0.25) is 9.59 Å². The van der Waals surface area contributed by atoms with E-state index in [1.807, 2.05) is 13.8 Å². The molecule has 1 rings (SSSR count). The lowest BCUT2D eigenvalue weighted by Gasteiger charge is -2.23. The molecule has 0 atom stereocenters. The standard InChI is InChI=1S/C15H21BrN2O3/c1-15(2,6-5-13(19)20)7-8-18-14(21)10-3-4-11(16)12(17)9-10/h3-4,9H,5-8,17H2,1-2H3,(H,18,21)(H,19,20). The zero-order chi connectivity index (χ0) is 16.0. The average molecular weight is 357 g/mol. The summed E-state index contributed by atoms with van der Waals surface area (Å²) in [6.45, 7) is 4.50. The summed E-state index contributed by atoms with van der Waals surface area (Å²) < 4.78 is 0.758. The molecule has 0 aliphatic heterocycles. The van der Waals surface area contributed by atoms with Gasteiger partial charge in [0.2, 0.25) is 0 Å². The molecular weight excluding hydrogens is 336 g/mol. The van der Waals surface area contributed by atoms with Gasteiger partial charge in [-0.2, -0.15) is 0 Å². The van der Waals surface area contributed by atoms with Crippen molar-refractivity contribution in [2.24, 2.45) is 5.41 Å². The number of carboxylic acid groups (broad SMARTS) is 1. The van der Waals surface area contributed by atoms with Crippen LogP contribution in [0.2, 0.25) is 0 Å². The van der Waals surface area contributed by atoms with Crippen LogP contribution in [0.25, 0.3) is 0 Å². The molecular formula is C15H21BrN2O3. The summed E-state index contributed by atoms with van der Waals surface area (Å²) in [4.78, 5) is 22.6. The summed E-state index contributed by atoms with van der Waals surface area (Å²) in [5, 5.41) is 11.5. The fourth-order valence-electron chi connectivity index (χ4n) is 1.87. The maximum absolute atomic E-state index is 12.0. The van der Waals surface area contributed by atoms with Crippen LogP contribution < -0.4 is 11.1 Å². The van der Waals surface area contributed by atoms with Crippen molar-refractivity contribution in [1.82, 2.24) is 5.32 Å². The maximum Gasteiger partial charge on any atom is 0.303 e. The molecule has 0 saturated carbocycles. The molecule has 5 nitrogen and oxygen atoms in total. The van der Waals surface area contributed by atoms with Crippen molar-refractivity contribution in [3.63, 3.8) is 0 Å². The van der Waals surface area contributed by atoms with Gasteiger partial charge in [-0.15, -0.1) is 0 Å². The third-order valence-electron chi connectivity index (χ3n) is 3.36. The van der Waals surface area contributed by atoms with E-state index in [2.05, 4.69) is 21.2 Å². The number of carbonyl (C=O) groups is 2. The fourth-order valence-corrected chi connectivity index (χ4v) is 2.12. The first kappa shape index (κ1) is 17.5. The highest BCUT2D eigenvalue weighted by Gasteiger charge is 2.19. The Morgan fingerprint density at radius 1 is 1.33 bits per heavy atom.